The fourth-order valence-corrected chi connectivity index (χ4v) is 5.72. The van der Waals surface area contributed by atoms with Crippen LogP contribution in [0.1, 0.15) is 52.5 Å². The van der Waals surface area contributed by atoms with Crippen LogP contribution in [0, 0.1) is 6.92 Å². The summed E-state index contributed by atoms with van der Waals surface area (Å²) >= 11 is 0. The number of benzene rings is 1. The summed E-state index contributed by atoms with van der Waals surface area (Å²) in [6, 6.07) is 9.25. The molecule has 2 atom stereocenters. The molecular formula is C30H34N4O3. The van der Waals surface area contributed by atoms with Crippen molar-refractivity contribution in [3.63, 3.8) is 0 Å². The molecule has 2 aliphatic heterocycles. The molecule has 3 aliphatic rings. The molecule has 2 aromatic rings. The van der Waals surface area contributed by atoms with Gasteiger partial charge in [-0.3, -0.25) is 14.4 Å². The summed E-state index contributed by atoms with van der Waals surface area (Å²) in [5, 5.41) is 0. The maximum Gasteiger partial charge on any atom is 0.254 e. The lowest BCUT2D eigenvalue weighted by molar-refractivity contribution is -0.136. The van der Waals surface area contributed by atoms with Crippen LogP contribution in [0.5, 0.6) is 0 Å². The van der Waals surface area contributed by atoms with Crippen molar-refractivity contribution < 1.29 is 14.4 Å². The van der Waals surface area contributed by atoms with Gasteiger partial charge in [0.05, 0.1) is 12.0 Å². The lowest BCUT2D eigenvalue weighted by Gasteiger charge is -2.43. The van der Waals surface area contributed by atoms with Crippen LogP contribution in [-0.4, -0.2) is 70.1 Å². The van der Waals surface area contributed by atoms with Gasteiger partial charge < -0.3 is 19.3 Å². The zero-order valence-electron chi connectivity index (χ0n) is 22.0. The number of aryl methyl sites for hydroxylation is 2. The molecule has 1 aromatic heterocycles. The Hall–Kier alpha value is -3.87. The molecule has 3 heterocycles. The Morgan fingerprint density at radius 1 is 0.973 bits per heavy atom. The number of ketones is 1. The molecule has 1 aliphatic carbocycles. The molecule has 7 nitrogen and oxygen atoms in total. The highest BCUT2D eigenvalue weighted by Crippen LogP contribution is 2.43. The second-order valence-electron chi connectivity index (χ2n) is 10.2. The third-order valence-electron chi connectivity index (χ3n) is 7.92. The van der Waals surface area contributed by atoms with Gasteiger partial charge in [-0.15, -0.1) is 0 Å². The molecular weight excluding hydrogens is 464 g/mol. The van der Waals surface area contributed by atoms with Crippen LogP contribution in [0.2, 0.25) is 0 Å². The van der Waals surface area contributed by atoms with Gasteiger partial charge >= 0.3 is 0 Å². The number of piperazine rings is 1. The Bertz CT molecular complexity index is 1320. The van der Waals surface area contributed by atoms with Gasteiger partial charge in [0.15, 0.2) is 5.78 Å². The van der Waals surface area contributed by atoms with Gasteiger partial charge in [-0.2, -0.15) is 0 Å². The van der Waals surface area contributed by atoms with E-state index < -0.39 is 5.92 Å². The monoisotopic (exact) mass is 498 g/mol. The van der Waals surface area contributed by atoms with E-state index in [0.29, 0.717) is 25.1 Å². The van der Waals surface area contributed by atoms with Crippen LogP contribution in [-0.2, 0) is 16.6 Å². The van der Waals surface area contributed by atoms with Crippen LogP contribution in [0.4, 0.5) is 0 Å². The molecule has 1 fully saturated rings. The maximum atomic E-state index is 14.2. The number of hydrogen-bond donors (Lipinski definition) is 0. The average Bonchev–Trinajstić information content (AvgIpc) is 3.08. The molecule has 2 amide bonds. The quantitative estimate of drug-likeness (QED) is 0.644. The second-order valence-corrected chi connectivity index (χ2v) is 10.2. The van der Waals surface area contributed by atoms with E-state index in [4.69, 9.17) is 0 Å². The largest absolute Gasteiger partial charge is 0.368 e. The first-order valence-corrected chi connectivity index (χ1v) is 12.9. The Labute approximate surface area is 218 Å². The van der Waals surface area contributed by atoms with Crippen LogP contribution < -0.4 is 0 Å². The van der Waals surface area contributed by atoms with Gasteiger partial charge in [-0.1, -0.05) is 30.4 Å². The third-order valence-corrected chi connectivity index (χ3v) is 7.92. The number of carbonyl (C=O) groups is 3. The van der Waals surface area contributed by atoms with E-state index in [9.17, 15) is 14.4 Å². The van der Waals surface area contributed by atoms with E-state index >= 15 is 0 Å². The van der Waals surface area contributed by atoms with Crippen molar-refractivity contribution in [3.8, 4) is 0 Å². The minimum absolute atomic E-state index is 0.0541. The Morgan fingerprint density at radius 3 is 2.38 bits per heavy atom. The van der Waals surface area contributed by atoms with E-state index in [1.165, 1.54) is 0 Å². The number of amides is 2. The molecule has 1 saturated heterocycles. The molecule has 0 radical (unpaired) electrons. The lowest BCUT2D eigenvalue weighted by atomic mass is 9.79. The zero-order valence-corrected chi connectivity index (χ0v) is 22.0. The standard InChI is InChI=1S/C30H34N4O3/c1-20-18-23(19-31(20)3)28-27(25-10-5-6-11-26(25)29(36)32(28)4)30(37)34-16-14-33(15-17-34)24-9-7-8-22(12-13-24)21(2)35/h5-6,8-13,18-19,27-28H,7,14-17H2,1-4H3. The number of rotatable bonds is 4. The van der Waals surface area contributed by atoms with Crippen molar-refractivity contribution in [2.24, 2.45) is 7.05 Å². The highest BCUT2D eigenvalue weighted by molar-refractivity contribution is 6.01. The number of carbonyl (C=O) groups excluding carboxylic acids is 3. The average molecular weight is 499 g/mol. The normalized spacial score (nSPS) is 21.8. The summed E-state index contributed by atoms with van der Waals surface area (Å²) in [4.78, 5) is 45.2. The number of fused-ring (bicyclic) bond motifs is 1. The van der Waals surface area contributed by atoms with Crippen molar-refractivity contribution in [3.05, 3.63) is 94.5 Å². The number of hydrogen-bond acceptors (Lipinski definition) is 4. The molecule has 0 N–H and O–H groups in total. The molecule has 0 saturated carbocycles. The van der Waals surface area contributed by atoms with Crippen LogP contribution >= 0.6 is 0 Å². The van der Waals surface area contributed by atoms with E-state index in [1.54, 1.807) is 18.9 Å². The van der Waals surface area contributed by atoms with Crippen molar-refractivity contribution in [2.45, 2.75) is 32.2 Å². The predicted molar refractivity (Wildman–Crippen MR) is 143 cm³/mol. The number of nitrogens with zero attached hydrogens (tertiary/aromatic N) is 4. The summed E-state index contributed by atoms with van der Waals surface area (Å²) in [7, 11) is 3.79. The second kappa shape index (κ2) is 9.88. The van der Waals surface area contributed by atoms with E-state index in [2.05, 4.69) is 17.0 Å². The first kappa shape index (κ1) is 24.8. The summed E-state index contributed by atoms with van der Waals surface area (Å²) in [5.74, 6) is -0.391. The summed E-state index contributed by atoms with van der Waals surface area (Å²) in [5.41, 5.74) is 5.30. The number of aromatic nitrogens is 1. The third kappa shape index (κ3) is 4.54. The number of Topliss-reactive ketones (excluding diaryl/α,β-unsaturated/α-hetero) is 1. The molecule has 0 spiro atoms. The predicted octanol–water partition coefficient (Wildman–Crippen LogP) is 3.75. The lowest BCUT2D eigenvalue weighted by Crippen LogP contribution is -2.52. The number of allylic oxidation sites excluding steroid dienone is 5. The molecule has 0 bridgehead atoms. The van der Waals surface area contributed by atoms with Crippen LogP contribution in [0.3, 0.4) is 0 Å². The molecule has 192 valence electrons. The van der Waals surface area contributed by atoms with Crippen molar-refractivity contribution in [1.29, 1.82) is 0 Å². The maximum absolute atomic E-state index is 14.2. The Kier molecular flexibility index (Phi) is 6.63. The molecule has 37 heavy (non-hydrogen) atoms. The molecule has 5 rings (SSSR count). The summed E-state index contributed by atoms with van der Waals surface area (Å²) in [6.45, 7) is 6.26. The highest BCUT2D eigenvalue weighted by atomic mass is 16.2. The molecule has 1 aromatic carbocycles. The van der Waals surface area contributed by atoms with Crippen molar-refractivity contribution in [2.75, 3.05) is 33.2 Å². The smallest absolute Gasteiger partial charge is 0.254 e. The Balaban J connectivity index is 1.39. The highest BCUT2D eigenvalue weighted by Gasteiger charge is 2.44. The molecule has 7 heteroatoms. The minimum atomic E-state index is -0.466. The minimum Gasteiger partial charge on any atom is -0.368 e. The summed E-state index contributed by atoms with van der Waals surface area (Å²) < 4.78 is 2.04. The zero-order chi connectivity index (χ0) is 26.3. The van der Waals surface area contributed by atoms with Crippen LogP contribution in [0.25, 0.3) is 0 Å². The Morgan fingerprint density at radius 2 is 1.70 bits per heavy atom. The fraction of sp³-hybridized carbons (Fsp3) is 0.367. The number of likely N-dealkylation sites (N-methyl/N-ethyl adjacent to an activating group) is 1. The van der Waals surface area contributed by atoms with Crippen molar-refractivity contribution in [1.82, 2.24) is 19.3 Å². The summed E-state index contributed by atoms with van der Waals surface area (Å²) in [6.07, 6.45) is 10.7. The van der Waals surface area contributed by atoms with Gasteiger partial charge in [0, 0.05) is 69.0 Å². The first-order valence-electron chi connectivity index (χ1n) is 12.9. The SMILES string of the molecule is CC(=O)C1=CCC=C(N2CCN(C(=O)C3c4ccccc4C(=O)N(C)C3c3cc(C)n(C)c3)CC2)C=C1. The van der Waals surface area contributed by atoms with Gasteiger partial charge in [0.2, 0.25) is 5.91 Å². The van der Waals surface area contributed by atoms with E-state index in [-0.39, 0.29) is 23.6 Å². The van der Waals surface area contributed by atoms with Crippen LogP contribution in [0.15, 0.2) is 72.1 Å². The van der Waals surface area contributed by atoms with Gasteiger partial charge in [0.25, 0.3) is 5.91 Å². The molecule has 2 unspecified atom stereocenters. The van der Waals surface area contributed by atoms with Crippen molar-refractivity contribution >= 4 is 17.6 Å². The van der Waals surface area contributed by atoms with Gasteiger partial charge in [-0.25, -0.2) is 0 Å². The first-order chi connectivity index (χ1) is 17.8. The topological polar surface area (TPSA) is 65.9 Å². The van der Waals surface area contributed by atoms with Gasteiger partial charge in [0.1, 0.15) is 0 Å². The van der Waals surface area contributed by atoms with E-state index in [1.807, 2.05) is 72.1 Å². The fourth-order valence-electron chi connectivity index (χ4n) is 5.72. The van der Waals surface area contributed by atoms with Gasteiger partial charge in [-0.05, 0) is 55.7 Å². The van der Waals surface area contributed by atoms with E-state index in [0.717, 1.165) is 41.2 Å².